The van der Waals surface area contributed by atoms with Gasteiger partial charge in [-0.25, -0.2) is 5.48 Å². The highest BCUT2D eigenvalue weighted by atomic mass is 32.2. The predicted octanol–water partition coefficient (Wildman–Crippen LogP) is 3.62. The Balaban J connectivity index is 1.42. The topological polar surface area (TPSA) is 101 Å². The van der Waals surface area contributed by atoms with Crippen molar-refractivity contribution in [1.29, 1.82) is 0 Å². The zero-order valence-corrected chi connectivity index (χ0v) is 18.6. The van der Waals surface area contributed by atoms with Crippen molar-refractivity contribution in [2.45, 2.75) is 31.9 Å². The van der Waals surface area contributed by atoms with E-state index in [1.807, 2.05) is 37.3 Å². The molecule has 2 amide bonds. The summed E-state index contributed by atoms with van der Waals surface area (Å²) in [5, 5.41) is 12.9. The fraction of sp³-hybridized carbons (Fsp3) is 0.292. The number of ether oxygens (including phenoxy) is 1. The zero-order chi connectivity index (χ0) is 22.6. The van der Waals surface area contributed by atoms with Crippen molar-refractivity contribution >= 4 is 34.5 Å². The second-order valence-electron chi connectivity index (χ2n) is 8.00. The molecule has 1 aromatic heterocycles. The first-order chi connectivity index (χ1) is 15.5. The predicted molar refractivity (Wildman–Crippen MR) is 124 cm³/mol. The van der Waals surface area contributed by atoms with E-state index in [4.69, 9.17) is 9.94 Å². The average Bonchev–Trinajstić information content (AvgIpc) is 3.25. The second kappa shape index (κ2) is 9.58. The van der Waals surface area contributed by atoms with Crippen molar-refractivity contribution in [1.82, 2.24) is 15.8 Å². The molecule has 7 nitrogen and oxygen atoms in total. The first kappa shape index (κ1) is 22.1. The Hall–Kier alpha value is -3.10. The number of carbonyl (C=O) groups is 2. The van der Waals surface area contributed by atoms with Crippen molar-refractivity contribution in [3.8, 4) is 5.75 Å². The lowest BCUT2D eigenvalue weighted by Gasteiger charge is -2.28. The van der Waals surface area contributed by atoms with Crippen LogP contribution in [0.25, 0.3) is 10.9 Å². The molecule has 32 heavy (non-hydrogen) atoms. The maximum absolute atomic E-state index is 12.8. The van der Waals surface area contributed by atoms with Crippen LogP contribution < -0.4 is 15.5 Å². The standard InChI is InChI=1S/C24H25N3O4S/c1-16-12-18(20-4-2-3-5-21(20)25-16)14-31-19-8-6-17(7-9-19)23(29)26-24(10-11-32-15-24)13-22(28)27-30/h2-9,12,30H,10-11,13-15H2,1H3,(H,26,29)(H,27,28)/t24-/m0/s1. The van der Waals surface area contributed by atoms with Crippen molar-refractivity contribution in [3.05, 3.63) is 71.4 Å². The minimum Gasteiger partial charge on any atom is -0.489 e. The second-order valence-corrected chi connectivity index (χ2v) is 9.11. The number of hydroxylamine groups is 1. The number of aromatic nitrogens is 1. The van der Waals surface area contributed by atoms with Gasteiger partial charge in [0, 0.05) is 28.0 Å². The minimum atomic E-state index is -0.649. The van der Waals surface area contributed by atoms with E-state index in [0.29, 0.717) is 30.1 Å². The molecular weight excluding hydrogens is 426 g/mol. The van der Waals surface area contributed by atoms with Crippen LogP contribution in [-0.2, 0) is 11.4 Å². The van der Waals surface area contributed by atoms with Crippen molar-refractivity contribution < 1.29 is 19.5 Å². The summed E-state index contributed by atoms with van der Waals surface area (Å²) in [6.07, 6.45) is 0.722. The highest BCUT2D eigenvalue weighted by Crippen LogP contribution is 2.31. The van der Waals surface area contributed by atoms with Crippen molar-refractivity contribution in [3.63, 3.8) is 0 Å². The summed E-state index contributed by atoms with van der Waals surface area (Å²) in [4.78, 5) is 29.0. The van der Waals surface area contributed by atoms with Crippen LogP contribution in [0.2, 0.25) is 0 Å². The van der Waals surface area contributed by atoms with Gasteiger partial charge < -0.3 is 10.1 Å². The first-order valence-electron chi connectivity index (χ1n) is 10.4. The number of carbonyl (C=O) groups excluding carboxylic acids is 2. The van der Waals surface area contributed by atoms with Gasteiger partial charge in [0.15, 0.2) is 0 Å². The molecule has 3 N–H and O–H groups in total. The number of hydrogen-bond acceptors (Lipinski definition) is 6. The van der Waals surface area contributed by atoms with Gasteiger partial charge in [-0.05, 0) is 55.5 Å². The van der Waals surface area contributed by atoms with E-state index < -0.39 is 11.4 Å². The molecule has 2 heterocycles. The number of nitrogens with zero attached hydrogens (tertiary/aromatic N) is 1. The SMILES string of the molecule is Cc1cc(COc2ccc(C(=O)N[C@]3(CC(=O)NO)CCSC3)cc2)c2ccccc2n1. The van der Waals surface area contributed by atoms with Gasteiger partial charge in [0.2, 0.25) is 5.91 Å². The van der Waals surface area contributed by atoms with E-state index in [1.54, 1.807) is 41.5 Å². The molecule has 2 aromatic carbocycles. The highest BCUT2D eigenvalue weighted by Gasteiger charge is 2.38. The summed E-state index contributed by atoms with van der Waals surface area (Å²) in [6, 6.07) is 16.9. The van der Waals surface area contributed by atoms with Crippen molar-refractivity contribution in [2.24, 2.45) is 0 Å². The van der Waals surface area contributed by atoms with Gasteiger partial charge in [-0.3, -0.25) is 19.8 Å². The number of rotatable bonds is 7. The van der Waals surface area contributed by atoms with Crippen LogP contribution in [0, 0.1) is 6.92 Å². The summed E-state index contributed by atoms with van der Waals surface area (Å²) in [7, 11) is 0. The third-order valence-corrected chi connectivity index (χ3v) is 6.80. The zero-order valence-electron chi connectivity index (χ0n) is 17.8. The van der Waals surface area contributed by atoms with Crippen LogP contribution in [0.15, 0.2) is 54.6 Å². The highest BCUT2D eigenvalue weighted by molar-refractivity contribution is 7.99. The normalized spacial score (nSPS) is 17.8. The molecule has 0 unspecified atom stereocenters. The number of pyridine rings is 1. The Kier molecular flexibility index (Phi) is 6.62. The lowest BCUT2D eigenvalue weighted by molar-refractivity contribution is -0.130. The van der Waals surface area contributed by atoms with Gasteiger partial charge in [0.05, 0.1) is 17.5 Å². The largest absolute Gasteiger partial charge is 0.489 e. The van der Waals surface area contributed by atoms with E-state index in [-0.39, 0.29) is 12.3 Å². The first-order valence-corrected chi connectivity index (χ1v) is 11.5. The molecule has 0 bridgehead atoms. The van der Waals surface area contributed by atoms with E-state index >= 15 is 0 Å². The summed E-state index contributed by atoms with van der Waals surface area (Å²) < 4.78 is 5.97. The molecule has 166 valence electrons. The number of para-hydroxylation sites is 1. The number of hydrogen-bond donors (Lipinski definition) is 3. The lowest BCUT2D eigenvalue weighted by Crippen LogP contribution is -2.51. The molecule has 0 aliphatic carbocycles. The van der Waals surface area contributed by atoms with Crippen LogP contribution >= 0.6 is 11.8 Å². The molecule has 4 rings (SSSR count). The Labute approximate surface area is 190 Å². The van der Waals surface area contributed by atoms with E-state index in [1.165, 1.54) is 0 Å². The number of thioether (sulfide) groups is 1. The molecule has 1 aliphatic heterocycles. The summed E-state index contributed by atoms with van der Waals surface area (Å²) in [5.41, 5.74) is 4.42. The van der Waals surface area contributed by atoms with E-state index in [2.05, 4.69) is 10.3 Å². The number of amides is 2. The Morgan fingerprint density at radius 2 is 1.97 bits per heavy atom. The van der Waals surface area contributed by atoms with Crippen LogP contribution in [0.4, 0.5) is 0 Å². The average molecular weight is 452 g/mol. The van der Waals surface area contributed by atoms with Gasteiger partial charge in [-0.2, -0.15) is 11.8 Å². The van der Waals surface area contributed by atoms with Gasteiger partial charge in [-0.15, -0.1) is 0 Å². The van der Waals surface area contributed by atoms with Crippen LogP contribution in [0.3, 0.4) is 0 Å². The molecule has 8 heteroatoms. The van der Waals surface area contributed by atoms with Gasteiger partial charge in [-0.1, -0.05) is 18.2 Å². The molecule has 1 saturated heterocycles. The number of fused-ring (bicyclic) bond motifs is 1. The molecule has 0 saturated carbocycles. The van der Waals surface area contributed by atoms with Gasteiger partial charge >= 0.3 is 0 Å². The summed E-state index contributed by atoms with van der Waals surface area (Å²) in [5.74, 6) is 1.39. The quantitative estimate of drug-likeness (QED) is 0.375. The molecule has 0 radical (unpaired) electrons. The Morgan fingerprint density at radius 1 is 1.19 bits per heavy atom. The van der Waals surface area contributed by atoms with E-state index in [9.17, 15) is 9.59 Å². The number of aryl methyl sites for hydroxylation is 1. The third kappa shape index (κ3) is 5.03. The number of benzene rings is 2. The fourth-order valence-corrected chi connectivity index (χ4v) is 5.32. The summed E-state index contributed by atoms with van der Waals surface area (Å²) >= 11 is 1.68. The summed E-state index contributed by atoms with van der Waals surface area (Å²) in [6.45, 7) is 2.36. The van der Waals surface area contributed by atoms with Crippen LogP contribution in [-0.4, -0.2) is 39.1 Å². The molecular formula is C24H25N3O4S. The molecule has 1 aliphatic rings. The molecule has 3 aromatic rings. The smallest absolute Gasteiger partial charge is 0.251 e. The maximum Gasteiger partial charge on any atom is 0.251 e. The Morgan fingerprint density at radius 3 is 2.69 bits per heavy atom. The van der Waals surface area contributed by atoms with Crippen LogP contribution in [0.5, 0.6) is 5.75 Å². The van der Waals surface area contributed by atoms with Crippen molar-refractivity contribution in [2.75, 3.05) is 11.5 Å². The molecule has 1 atom stereocenters. The monoisotopic (exact) mass is 451 g/mol. The fourth-order valence-electron chi connectivity index (χ4n) is 3.93. The minimum absolute atomic E-state index is 0.0444. The molecule has 1 fully saturated rings. The molecule has 0 spiro atoms. The van der Waals surface area contributed by atoms with E-state index in [0.717, 1.165) is 27.9 Å². The number of nitrogens with one attached hydrogen (secondary N) is 2. The van der Waals surface area contributed by atoms with Gasteiger partial charge in [0.1, 0.15) is 12.4 Å². The third-order valence-electron chi connectivity index (χ3n) is 5.55. The maximum atomic E-state index is 12.8. The lowest BCUT2D eigenvalue weighted by atomic mass is 9.93. The Bertz CT molecular complexity index is 1130. The van der Waals surface area contributed by atoms with Gasteiger partial charge in [0.25, 0.3) is 5.91 Å². The van der Waals surface area contributed by atoms with Crippen LogP contribution in [0.1, 0.15) is 34.5 Å².